The van der Waals surface area contributed by atoms with Gasteiger partial charge in [0.2, 0.25) is 0 Å². The highest BCUT2D eigenvalue weighted by atomic mass is 35.5. The summed E-state index contributed by atoms with van der Waals surface area (Å²) in [5.41, 5.74) is 0.251. The van der Waals surface area contributed by atoms with E-state index in [2.05, 4.69) is 10.2 Å². The Morgan fingerprint density at radius 2 is 2.12 bits per heavy atom. The van der Waals surface area contributed by atoms with E-state index in [1.807, 2.05) is 0 Å². The van der Waals surface area contributed by atoms with Crippen molar-refractivity contribution >= 4 is 57.5 Å². The van der Waals surface area contributed by atoms with Crippen LogP contribution in [0.2, 0.25) is 5.02 Å². The number of nitrogens with one attached hydrogen (secondary N) is 1. The smallest absolute Gasteiger partial charge is 0.317 e. The van der Waals surface area contributed by atoms with Crippen LogP contribution in [0.25, 0.3) is 0 Å². The number of amides is 1. The van der Waals surface area contributed by atoms with Gasteiger partial charge in [0.1, 0.15) is 10.1 Å². The van der Waals surface area contributed by atoms with Crippen LogP contribution in [-0.4, -0.2) is 46.0 Å². The van der Waals surface area contributed by atoms with Crippen LogP contribution < -0.4 is 5.32 Å². The average molecular weight is 405 g/mol. The lowest BCUT2D eigenvalue weighted by atomic mass is 10.3. The van der Waals surface area contributed by atoms with E-state index in [0.29, 0.717) is 4.32 Å². The highest BCUT2D eigenvalue weighted by molar-refractivity contribution is 8.23. The van der Waals surface area contributed by atoms with Gasteiger partial charge in [-0.3, -0.25) is 9.59 Å². The summed E-state index contributed by atoms with van der Waals surface area (Å²) in [7, 11) is 0. The number of thiocarbonyl (C=S) groups is 1. The van der Waals surface area contributed by atoms with Gasteiger partial charge in [0.25, 0.3) is 5.91 Å². The maximum atomic E-state index is 13.0. The first-order chi connectivity index (χ1) is 11.9. The number of nitrogens with zero attached hydrogens (tertiary/aromatic N) is 1. The molecule has 9 heteroatoms. The lowest BCUT2D eigenvalue weighted by molar-refractivity contribution is -0.150. The Bertz CT molecular complexity index is 669. The van der Waals surface area contributed by atoms with E-state index in [4.69, 9.17) is 28.6 Å². The van der Waals surface area contributed by atoms with Crippen molar-refractivity contribution in [3.05, 3.63) is 29.0 Å². The van der Waals surface area contributed by atoms with Crippen molar-refractivity contribution < 1.29 is 18.7 Å². The van der Waals surface area contributed by atoms with Gasteiger partial charge < -0.3 is 15.0 Å². The van der Waals surface area contributed by atoms with Crippen LogP contribution >= 0.6 is 35.6 Å². The molecule has 1 saturated heterocycles. The molecule has 1 heterocycles. The molecule has 0 spiro atoms. The van der Waals surface area contributed by atoms with Crippen LogP contribution in [0.3, 0.4) is 0 Å². The summed E-state index contributed by atoms with van der Waals surface area (Å²) in [6.07, 6.45) is 1.21. The largest absolute Gasteiger partial charge is 0.452 e. The van der Waals surface area contributed by atoms with Crippen LogP contribution in [0.15, 0.2) is 18.2 Å². The molecule has 1 N–H and O–H groups in total. The van der Waals surface area contributed by atoms with E-state index in [-0.39, 0.29) is 16.5 Å². The first-order valence-corrected chi connectivity index (χ1v) is 9.51. The van der Waals surface area contributed by atoms with Gasteiger partial charge in [-0.25, -0.2) is 4.39 Å². The van der Waals surface area contributed by atoms with Crippen molar-refractivity contribution in [2.75, 3.05) is 24.2 Å². The second kappa shape index (κ2) is 9.35. The molecule has 1 atom stereocenters. The molecule has 1 aromatic rings. The zero-order chi connectivity index (χ0) is 18.4. The van der Waals surface area contributed by atoms with Crippen LogP contribution in [0.4, 0.5) is 10.1 Å². The molecule has 25 heavy (non-hydrogen) atoms. The van der Waals surface area contributed by atoms with E-state index >= 15 is 0 Å². The van der Waals surface area contributed by atoms with Gasteiger partial charge in [-0.05, 0) is 38.0 Å². The zero-order valence-corrected chi connectivity index (χ0v) is 16.0. The molecular formula is C16H18ClFN2O3S2. The minimum Gasteiger partial charge on any atom is -0.452 e. The lowest BCUT2D eigenvalue weighted by Crippen LogP contribution is -2.31. The number of likely N-dealkylation sites (tertiary alicyclic amines) is 1. The van der Waals surface area contributed by atoms with Crippen molar-refractivity contribution in [3.8, 4) is 0 Å². The third kappa shape index (κ3) is 6.13. The van der Waals surface area contributed by atoms with Crippen LogP contribution in [0.1, 0.15) is 19.8 Å². The maximum absolute atomic E-state index is 13.0. The zero-order valence-electron chi connectivity index (χ0n) is 13.6. The van der Waals surface area contributed by atoms with E-state index in [9.17, 15) is 14.0 Å². The maximum Gasteiger partial charge on any atom is 0.317 e. The van der Waals surface area contributed by atoms with E-state index in [0.717, 1.165) is 32.0 Å². The molecule has 1 aromatic carbocycles. The first kappa shape index (κ1) is 19.9. The Kier molecular flexibility index (Phi) is 7.46. The fraction of sp³-hybridized carbons (Fsp3) is 0.438. The van der Waals surface area contributed by atoms with Crippen molar-refractivity contribution in [3.63, 3.8) is 0 Å². The third-order valence-electron chi connectivity index (χ3n) is 3.54. The number of hydrogen-bond acceptors (Lipinski definition) is 5. The molecule has 136 valence electrons. The van der Waals surface area contributed by atoms with Crippen LogP contribution in [-0.2, 0) is 14.3 Å². The lowest BCUT2D eigenvalue weighted by Gasteiger charge is -2.18. The predicted octanol–water partition coefficient (Wildman–Crippen LogP) is 3.46. The number of carbonyl (C=O) groups excluding carboxylic acids is 2. The van der Waals surface area contributed by atoms with Gasteiger partial charge in [0.05, 0.1) is 16.5 Å². The van der Waals surface area contributed by atoms with Crippen molar-refractivity contribution in [2.24, 2.45) is 0 Å². The number of hydrogen-bond donors (Lipinski definition) is 1. The highest BCUT2D eigenvalue weighted by Gasteiger charge is 2.21. The number of ether oxygens (including phenoxy) is 1. The second-order valence-electron chi connectivity index (χ2n) is 5.49. The summed E-state index contributed by atoms with van der Waals surface area (Å²) < 4.78 is 18.8. The molecule has 1 aliphatic heterocycles. The summed E-state index contributed by atoms with van der Waals surface area (Å²) >= 11 is 12.3. The van der Waals surface area contributed by atoms with Gasteiger partial charge >= 0.3 is 5.97 Å². The highest BCUT2D eigenvalue weighted by Crippen LogP contribution is 2.22. The number of halogens is 2. The quantitative estimate of drug-likeness (QED) is 0.599. The molecule has 0 radical (unpaired) electrons. The second-order valence-corrected chi connectivity index (χ2v) is 7.51. The van der Waals surface area contributed by atoms with Crippen LogP contribution in [0, 0.1) is 5.82 Å². The summed E-state index contributed by atoms with van der Waals surface area (Å²) in [5, 5.41) is 2.56. The minimum atomic E-state index is -1.01. The number of anilines is 1. The Morgan fingerprint density at radius 3 is 2.76 bits per heavy atom. The molecule has 1 aliphatic rings. The molecule has 0 aromatic heterocycles. The Balaban J connectivity index is 1.77. The predicted molar refractivity (Wildman–Crippen MR) is 101 cm³/mol. The van der Waals surface area contributed by atoms with E-state index in [1.165, 1.54) is 30.8 Å². The van der Waals surface area contributed by atoms with Crippen molar-refractivity contribution in [1.29, 1.82) is 0 Å². The van der Waals surface area contributed by atoms with Gasteiger partial charge in [-0.15, -0.1) is 0 Å². The summed E-state index contributed by atoms with van der Waals surface area (Å²) in [6.45, 7) is 3.28. The van der Waals surface area contributed by atoms with Gasteiger partial charge in [0.15, 0.2) is 6.10 Å². The number of esters is 1. The summed E-state index contributed by atoms with van der Waals surface area (Å²) in [6, 6.07) is 3.60. The molecule has 0 unspecified atom stereocenters. The van der Waals surface area contributed by atoms with Crippen molar-refractivity contribution in [2.45, 2.75) is 25.9 Å². The molecule has 2 rings (SSSR count). The first-order valence-electron chi connectivity index (χ1n) is 7.74. The number of thioether (sulfide) groups is 1. The number of carbonyl (C=O) groups is 2. The topological polar surface area (TPSA) is 58.6 Å². The van der Waals surface area contributed by atoms with Gasteiger partial charge in [0, 0.05) is 13.1 Å². The Hall–Kier alpha value is -1.38. The Labute approximate surface area is 160 Å². The molecule has 1 amide bonds. The molecule has 0 bridgehead atoms. The molecule has 5 nitrogen and oxygen atoms in total. The van der Waals surface area contributed by atoms with Crippen molar-refractivity contribution in [1.82, 2.24) is 4.90 Å². The summed E-state index contributed by atoms with van der Waals surface area (Å²) in [4.78, 5) is 26.0. The Morgan fingerprint density at radius 1 is 1.44 bits per heavy atom. The van der Waals surface area contributed by atoms with E-state index < -0.39 is 23.8 Å². The van der Waals surface area contributed by atoms with E-state index in [1.54, 1.807) is 0 Å². The number of rotatable bonds is 5. The average Bonchev–Trinajstić information content (AvgIpc) is 3.09. The summed E-state index contributed by atoms with van der Waals surface area (Å²) in [5.74, 6) is -1.54. The van der Waals surface area contributed by atoms with Gasteiger partial charge in [-0.2, -0.15) is 0 Å². The molecule has 0 aliphatic carbocycles. The third-order valence-corrected chi connectivity index (χ3v) is 5.35. The van der Waals surface area contributed by atoms with Crippen LogP contribution in [0.5, 0.6) is 0 Å². The fourth-order valence-electron chi connectivity index (χ4n) is 2.22. The fourth-order valence-corrected chi connectivity index (χ4v) is 3.47. The normalized spacial score (nSPS) is 14.9. The van der Waals surface area contributed by atoms with Gasteiger partial charge in [-0.1, -0.05) is 35.6 Å². The molecule has 0 saturated carbocycles. The minimum absolute atomic E-state index is 0.0459. The SMILES string of the molecule is C[C@H](OC(=O)CSC(=S)N1CCCC1)C(=O)Nc1ccc(F)cc1Cl. The number of benzene rings is 1. The standard InChI is InChI=1S/C16H18ClFN2O3S2/c1-10(15(22)19-13-5-4-11(18)8-12(13)17)23-14(21)9-25-16(24)20-6-2-3-7-20/h4-5,8,10H,2-3,6-7,9H2,1H3,(H,19,22)/t10-/m0/s1. The monoisotopic (exact) mass is 404 g/mol. The molecule has 1 fully saturated rings. The molecular weight excluding hydrogens is 387 g/mol.